The van der Waals surface area contributed by atoms with Crippen LogP contribution in [0.15, 0.2) is 66.9 Å². The molecule has 4 rings (SSSR count). The van der Waals surface area contributed by atoms with E-state index in [0.29, 0.717) is 11.3 Å². The number of hydrogen-bond acceptors (Lipinski definition) is 3. The van der Waals surface area contributed by atoms with Gasteiger partial charge in [-0.3, -0.25) is 14.8 Å². The zero-order valence-electron chi connectivity index (χ0n) is 13.2. The quantitative estimate of drug-likeness (QED) is 0.599. The molecule has 0 saturated heterocycles. The summed E-state index contributed by atoms with van der Waals surface area (Å²) in [6.45, 7) is 1.89. The lowest BCUT2D eigenvalue weighted by Crippen LogP contribution is -2.13. The maximum atomic E-state index is 12.9. The summed E-state index contributed by atoms with van der Waals surface area (Å²) in [5.74, 6) is -0.158. The monoisotopic (exact) mass is 313 g/mol. The molecule has 0 spiro atoms. The van der Waals surface area contributed by atoms with E-state index in [4.69, 9.17) is 0 Å². The Labute approximate surface area is 139 Å². The first-order chi connectivity index (χ1) is 11.7. The molecule has 0 unspecified atom stereocenters. The van der Waals surface area contributed by atoms with Gasteiger partial charge in [-0.2, -0.15) is 0 Å². The molecule has 0 saturated carbocycles. The molecule has 116 valence electrons. The summed E-state index contributed by atoms with van der Waals surface area (Å²) in [5, 5.41) is 4.82. The van der Waals surface area contributed by atoms with E-state index in [2.05, 4.69) is 15.3 Å². The molecule has 0 atom stereocenters. The lowest BCUT2D eigenvalue weighted by Gasteiger charge is -2.10. The second-order valence-corrected chi connectivity index (χ2v) is 5.66. The van der Waals surface area contributed by atoms with Gasteiger partial charge in [-0.05, 0) is 31.2 Å². The van der Waals surface area contributed by atoms with Crippen LogP contribution in [0.2, 0.25) is 0 Å². The van der Waals surface area contributed by atoms with Crippen LogP contribution in [-0.2, 0) is 0 Å². The van der Waals surface area contributed by atoms with Crippen LogP contribution >= 0.6 is 0 Å². The van der Waals surface area contributed by atoms with Gasteiger partial charge < -0.3 is 5.32 Å². The molecule has 1 N–H and O–H groups in total. The average molecular weight is 313 g/mol. The fraction of sp³-hybridized carbons (Fsp3) is 0.0500. The minimum Gasteiger partial charge on any atom is -0.320 e. The average Bonchev–Trinajstić information content (AvgIpc) is 2.61. The topological polar surface area (TPSA) is 54.9 Å². The highest BCUT2D eigenvalue weighted by Gasteiger charge is 2.13. The van der Waals surface area contributed by atoms with Crippen molar-refractivity contribution in [1.82, 2.24) is 9.97 Å². The van der Waals surface area contributed by atoms with E-state index < -0.39 is 0 Å². The number of rotatable bonds is 2. The number of carbonyl (C=O) groups is 1. The van der Waals surface area contributed by atoms with Gasteiger partial charge in [0.15, 0.2) is 0 Å². The number of aryl methyl sites for hydroxylation is 1. The molecule has 0 radical (unpaired) electrons. The molecule has 2 aromatic carbocycles. The summed E-state index contributed by atoms with van der Waals surface area (Å²) in [6, 6.07) is 19.1. The number of hydrogen-bond donors (Lipinski definition) is 1. The molecule has 4 nitrogen and oxygen atoms in total. The van der Waals surface area contributed by atoms with E-state index in [1.165, 1.54) is 0 Å². The van der Waals surface area contributed by atoms with Crippen molar-refractivity contribution >= 4 is 33.4 Å². The van der Waals surface area contributed by atoms with Crippen molar-refractivity contribution in [2.24, 2.45) is 0 Å². The third-order valence-corrected chi connectivity index (χ3v) is 3.97. The number of anilines is 1. The van der Waals surface area contributed by atoms with Gasteiger partial charge in [0.25, 0.3) is 5.91 Å². The van der Waals surface area contributed by atoms with Crippen molar-refractivity contribution in [1.29, 1.82) is 0 Å². The highest BCUT2D eigenvalue weighted by Crippen LogP contribution is 2.23. The molecule has 24 heavy (non-hydrogen) atoms. The summed E-state index contributed by atoms with van der Waals surface area (Å²) >= 11 is 0. The van der Waals surface area contributed by atoms with Crippen molar-refractivity contribution in [3.63, 3.8) is 0 Å². The van der Waals surface area contributed by atoms with Crippen molar-refractivity contribution in [3.8, 4) is 0 Å². The van der Waals surface area contributed by atoms with E-state index in [1.807, 2.05) is 67.6 Å². The van der Waals surface area contributed by atoms with Crippen molar-refractivity contribution in [2.75, 3.05) is 5.32 Å². The number of fused-ring (bicyclic) bond motifs is 2. The van der Waals surface area contributed by atoms with E-state index in [-0.39, 0.29) is 5.91 Å². The normalized spacial score (nSPS) is 10.9. The van der Waals surface area contributed by atoms with Gasteiger partial charge in [-0.25, -0.2) is 0 Å². The first-order valence-electron chi connectivity index (χ1n) is 7.74. The Bertz CT molecular complexity index is 1070. The fourth-order valence-electron chi connectivity index (χ4n) is 2.89. The van der Waals surface area contributed by atoms with Crippen LogP contribution in [0.1, 0.15) is 16.1 Å². The number of benzene rings is 2. The number of nitrogens with zero attached hydrogens (tertiary/aromatic N) is 2. The number of nitrogens with one attached hydrogen (secondary N) is 1. The minimum atomic E-state index is -0.158. The van der Waals surface area contributed by atoms with Crippen LogP contribution in [0.3, 0.4) is 0 Å². The third kappa shape index (κ3) is 2.48. The molecule has 2 aromatic heterocycles. The number of para-hydroxylation sites is 2. The Hall–Kier alpha value is -3.27. The molecule has 0 aliphatic rings. The molecule has 0 aliphatic carbocycles. The zero-order chi connectivity index (χ0) is 16.5. The Balaban J connectivity index is 1.80. The van der Waals surface area contributed by atoms with Gasteiger partial charge in [-0.15, -0.1) is 0 Å². The Morgan fingerprint density at radius 1 is 1.00 bits per heavy atom. The SMILES string of the molecule is Cc1cc(C(=O)Nc2cccc3cccnc23)c2ccccc2n1. The summed E-state index contributed by atoms with van der Waals surface area (Å²) in [7, 11) is 0. The lowest BCUT2D eigenvalue weighted by atomic mass is 10.1. The van der Waals surface area contributed by atoms with Crippen LogP contribution in [0.5, 0.6) is 0 Å². The maximum Gasteiger partial charge on any atom is 0.256 e. The van der Waals surface area contributed by atoms with Crippen LogP contribution in [0.4, 0.5) is 5.69 Å². The first-order valence-corrected chi connectivity index (χ1v) is 7.74. The summed E-state index contributed by atoms with van der Waals surface area (Å²) in [6.07, 6.45) is 1.73. The summed E-state index contributed by atoms with van der Waals surface area (Å²) in [4.78, 5) is 21.7. The number of aromatic nitrogens is 2. The van der Waals surface area contributed by atoms with E-state index in [9.17, 15) is 4.79 Å². The van der Waals surface area contributed by atoms with Crippen LogP contribution in [0, 0.1) is 6.92 Å². The Kier molecular flexibility index (Phi) is 3.43. The second-order valence-electron chi connectivity index (χ2n) is 5.66. The largest absolute Gasteiger partial charge is 0.320 e. The Morgan fingerprint density at radius 3 is 2.75 bits per heavy atom. The highest BCUT2D eigenvalue weighted by atomic mass is 16.1. The maximum absolute atomic E-state index is 12.9. The number of amides is 1. The van der Waals surface area contributed by atoms with Crippen LogP contribution in [0.25, 0.3) is 21.8 Å². The van der Waals surface area contributed by atoms with E-state index in [1.54, 1.807) is 6.20 Å². The van der Waals surface area contributed by atoms with Crippen molar-refractivity contribution in [3.05, 3.63) is 78.1 Å². The predicted octanol–water partition coefficient (Wildman–Crippen LogP) is 4.34. The fourth-order valence-corrected chi connectivity index (χ4v) is 2.89. The highest BCUT2D eigenvalue weighted by molar-refractivity contribution is 6.14. The molecular weight excluding hydrogens is 298 g/mol. The summed E-state index contributed by atoms with van der Waals surface area (Å²) in [5.41, 5.74) is 3.74. The van der Waals surface area contributed by atoms with Crippen LogP contribution in [-0.4, -0.2) is 15.9 Å². The lowest BCUT2D eigenvalue weighted by molar-refractivity contribution is 0.102. The molecule has 4 aromatic rings. The predicted molar refractivity (Wildman–Crippen MR) is 96.2 cm³/mol. The summed E-state index contributed by atoms with van der Waals surface area (Å²) < 4.78 is 0. The standard InChI is InChI=1S/C20H15N3O/c1-13-12-16(15-8-2-3-9-17(15)22-13)20(24)23-18-10-4-6-14-7-5-11-21-19(14)18/h2-12H,1H3,(H,23,24). The van der Waals surface area contributed by atoms with Gasteiger partial charge in [0, 0.05) is 22.7 Å². The van der Waals surface area contributed by atoms with E-state index in [0.717, 1.165) is 27.5 Å². The molecular formula is C20H15N3O. The zero-order valence-corrected chi connectivity index (χ0v) is 13.2. The third-order valence-electron chi connectivity index (χ3n) is 3.97. The van der Waals surface area contributed by atoms with Gasteiger partial charge in [0.05, 0.1) is 22.3 Å². The molecule has 0 aliphatic heterocycles. The van der Waals surface area contributed by atoms with Crippen LogP contribution < -0.4 is 5.32 Å². The smallest absolute Gasteiger partial charge is 0.256 e. The molecule has 1 amide bonds. The van der Waals surface area contributed by atoms with Crippen molar-refractivity contribution < 1.29 is 4.79 Å². The number of pyridine rings is 2. The van der Waals surface area contributed by atoms with Gasteiger partial charge in [0.1, 0.15) is 0 Å². The van der Waals surface area contributed by atoms with Gasteiger partial charge >= 0.3 is 0 Å². The molecule has 4 heteroatoms. The Morgan fingerprint density at radius 2 is 1.83 bits per heavy atom. The van der Waals surface area contributed by atoms with E-state index >= 15 is 0 Å². The van der Waals surface area contributed by atoms with Crippen molar-refractivity contribution in [2.45, 2.75) is 6.92 Å². The van der Waals surface area contributed by atoms with Gasteiger partial charge in [0.2, 0.25) is 0 Å². The molecule has 0 fully saturated rings. The second kappa shape index (κ2) is 5.74. The minimum absolute atomic E-state index is 0.158. The van der Waals surface area contributed by atoms with Gasteiger partial charge in [-0.1, -0.05) is 36.4 Å². The molecule has 2 heterocycles. The first kappa shape index (κ1) is 14.3. The number of carbonyl (C=O) groups excluding carboxylic acids is 1. The molecule has 0 bridgehead atoms.